The van der Waals surface area contributed by atoms with E-state index in [0.717, 1.165) is 4.90 Å². The summed E-state index contributed by atoms with van der Waals surface area (Å²) in [5.41, 5.74) is 2.98. The van der Waals surface area contributed by atoms with Crippen LogP contribution in [-0.2, 0) is 0 Å². The summed E-state index contributed by atoms with van der Waals surface area (Å²) in [6.45, 7) is 1.78. The van der Waals surface area contributed by atoms with Crippen LogP contribution in [0.1, 0.15) is 5.69 Å². The first-order valence-electron chi connectivity index (χ1n) is 4.86. The van der Waals surface area contributed by atoms with Crippen LogP contribution in [0, 0.1) is 6.92 Å². The van der Waals surface area contributed by atoms with Crippen molar-refractivity contribution in [1.29, 1.82) is 0 Å². The van der Waals surface area contributed by atoms with Crippen LogP contribution in [0.4, 0.5) is 5.82 Å². The Kier molecular flexibility index (Phi) is 3.40. The monoisotopic (exact) mass is 249 g/mol. The van der Waals surface area contributed by atoms with Crippen molar-refractivity contribution in [3.05, 3.63) is 40.4 Å². The van der Waals surface area contributed by atoms with E-state index in [1.54, 1.807) is 19.2 Å². The molecule has 2 heterocycles. The molecule has 2 aromatic heterocycles. The molecule has 0 aliphatic heterocycles. The van der Waals surface area contributed by atoms with E-state index in [1.165, 1.54) is 17.8 Å². The normalized spacial score (nSPS) is 10.2. The molecule has 0 aromatic carbocycles. The van der Waals surface area contributed by atoms with Crippen LogP contribution in [0.5, 0.6) is 0 Å². The lowest BCUT2D eigenvalue weighted by molar-refractivity contribution is 0.905. The SMILES string of the molecule is Cc1cc(=O)[nH]c(Sc2ccnc(NN)c2)n1. The second-order valence-corrected chi connectivity index (χ2v) is 4.38. The van der Waals surface area contributed by atoms with E-state index in [1.807, 2.05) is 6.07 Å². The first-order chi connectivity index (χ1) is 8.17. The van der Waals surface area contributed by atoms with Crippen LogP contribution in [0.3, 0.4) is 0 Å². The highest BCUT2D eigenvalue weighted by Gasteiger charge is 2.02. The lowest BCUT2D eigenvalue weighted by Gasteiger charge is -2.03. The molecule has 0 bridgehead atoms. The molecule has 4 N–H and O–H groups in total. The van der Waals surface area contributed by atoms with Gasteiger partial charge in [0.1, 0.15) is 5.82 Å². The van der Waals surface area contributed by atoms with Gasteiger partial charge in [-0.2, -0.15) is 0 Å². The molecule has 0 saturated heterocycles. The third-order valence-electron chi connectivity index (χ3n) is 1.94. The van der Waals surface area contributed by atoms with E-state index in [9.17, 15) is 4.79 Å². The quantitative estimate of drug-likeness (QED) is 0.425. The molecule has 0 fully saturated rings. The van der Waals surface area contributed by atoms with Crippen LogP contribution in [0.2, 0.25) is 0 Å². The lowest BCUT2D eigenvalue weighted by Crippen LogP contribution is -2.09. The Balaban J connectivity index is 2.27. The van der Waals surface area contributed by atoms with Gasteiger partial charge in [0.25, 0.3) is 5.56 Å². The summed E-state index contributed by atoms with van der Waals surface area (Å²) < 4.78 is 0. The molecule has 2 rings (SSSR count). The second kappa shape index (κ2) is 4.98. The number of hydrogen-bond acceptors (Lipinski definition) is 6. The van der Waals surface area contributed by atoms with Crippen molar-refractivity contribution >= 4 is 17.6 Å². The van der Waals surface area contributed by atoms with Crippen LogP contribution in [-0.4, -0.2) is 15.0 Å². The van der Waals surface area contributed by atoms with Gasteiger partial charge in [-0.15, -0.1) is 0 Å². The van der Waals surface area contributed by atoms with Gasteiger partial charge in [-0.3, -0.25) is 4.79 Å². The van der Waals surface area contributed by atoms with E-state index < -0.39 is 0 Å². The Morgan fingerprint density at radius 1 is 1.47 bits per heavy atom. The molecule has 0 unspecified atom stereocenters. The molecule has 6 nitrogen and oxygen atoms in total. The van der Waals surface area contributed by atoms with Gasteiger partial charge in [-0.05, 0) is 19.1 Å². The van der Waals surface area contributed by atoms with Gasteiger partial charge in [-0.25, -0.2) is 15.8 Å². The number of hydrazine groups is 1. The fourth-order valence-electron chi connectivity index (χ4n) is 1.27. The lowest BCUT2D eigenvalue weighted by atomic mass is 10.5. The molecular formula is C10H11N5OS. The van der Waals surface area contributed by atoms with Gasteiger partial charge in [0, 0.05) is 22.9 Å². The Morgan fingerprint density at radius 2 is 2.29 bits per heavy atom. The highest BCUT2D eigenvalue weighted by Crippen LogP contribution is 2.24. The topological polar surface area (TPSA) is 96.7 Å². The number of nitrogen functional groups attached to an aromatic ring is 1. The zero-order chi connectivity index (χ0) is 12.3. The van der Waals surface area contributed by atoms with E-state index >= 15 is 0 Å². The first-order valence-corrected chi connectivity index (χ1v) is 5.67. The molecule has 0 aliphatic carbocycles. The maximum atomic E-state index is 11.3. The predicted octanol–water partition coefficient (Wildman–Crippen LogP) is 0.910. The number of rotatable bonds is 3. The number of aromatic nitrogens is 3. The fourth-order valence-corrected chi connectivity index (χ4v) is 2.13. The average Bonchev–Trinajstić information content (AvgIpc) is 2.28. The van der Waals surface area contributed by atoms with E-state index in [0.29, 0.717) is 16.7 Å². The Bertz CT molecular complexity index is 583. The summed E-state index contributed by atoms with van der Waals surface area (Å²) in [6.07, 6.45) is 1.63. The van der Waals surface area contributed by atoms with Crippen LogP contribution in [0.25, 0.3) is 0 Å². The molecule has 7 heteroatoms. The number of H-pyrrole nitrogens is 1. The van der Waals surface area contributed by atoms with Gasteiger partial charge >= 0.3 is 0 Å². The number of nitrogens with two attached hydrogens (primary N) is 1. The first kappa shape index (κ1) is 11.6. The molecule has 17 heavy (non-hydrogen) atoms. The van der Waals surface area contributed by atoms with E-state index in [2.05, 4.69) is 20.4 Å². The van der Waals surface area contributed by atoms with Crippen molar-refractivity contribution in [1.82, 2.24) is 15.0 Å². The number of nitrogens with one attached hydrogen (secondary N) is 2. The van der Waals surface area contributed by atoms with Crippen molar-refractivity contribution in [2.75, 3.05) is 5.43 Å². The highest BCUT2D eigenvalue weighted by atomic mass is 32.2. The third-order valence-corrected chi connectivity index (χ3v) is 2.82. The molecular weight excluding hydrogens is 238 g/mol. The van der Waals surface area contributed by atoms with Gasteiger partial charge in [0.05, 0.1) is 0 Å². The maximum absolute atomic E-state index is 11.3. The minimum absolute atomic E-state index is 0.161. The standard InChI is InChI=1S/C10H11N5OS/c1-6-4-9(16)14-10(13-6)17-7-2-3-12-8(5-7)15-11/h2-5H,11H2,1H3,(H,12,15)(H,13,14,16). The van der Waals surface area contributed by atoms with E-state index in [-0.39, 0.29) is 5.56 Å². The summed E-state index contributed by atoms with van der Waals surface area (Å²) in [5.74, 6) is 5.83. The molecule has 0 aliphatic rings. The molecule has 0 atom stereocenters. The maximum Gasteiger partial charge on any atom is 0.251 e. The second-order valence-electron chi connectivity index (χ2n) is 3.32. The van der Waals surface area contributed by atoms with Crippen molar-refractivity contribution in [3.63, 3.8) is 0 Å². The average molecular weight is 249 g/mol. The van der Waals surface area contributed by atoms with Crippen molar-refractivity contribution in [2.45, 2.75) is 17.0 Å². The molecule has 0 radical (unpaired) electrons. The van der Waals surface area contributed by atoms with Gasteiger partial charge in [-0.1, -0.05) is 11.8 Å². The number of aromatic amines is 1. The number of nitrogens with zero attached hydrogens (tertiary/aromatic N) is 2. The largest absolute Gasteiger partial charge is 0.308 e. The molecule has 0 saturated carbocycles. The van der Waals surface area contributed by atoms with Gasteiger partial charge in [0.15, 0.2) is 5.16 Å². The minimum Gasteiger partial charge on any atom is -0.308 e. The summed E-state index contributed by atoms with van der Waals surface area (Å²) in [7, 11) is 0. The fraction of sp³-hybridized carbons (Fsp3) is 0.100. The van der Waals surface area contributed by atoms with Crippen LogP contribution >= 0.6 is 11.8 Å². The predicted molar refractivity (Wildman–Crippen MR) is 65.8 cm³/mol. The molecule has 0 amide bonds. The highest BCUT2D eigenvalue weighted by molar-refractivity contribution is 7.99. The van der Waals surface area contributed by atoms with Gasteiger partial charge < -0.3 is 10.4 Å². The molecule has 0 spiro atoms. The minimum atomic E-state index is -0.161. The number of anilines is 1. The zero-order valence-corrected chi connectivity index (χ0v) is 9.91. The third kappa shape index (κ3) is 3.05. The Labute approximate surface area is 102 Å². The molecule has 88 valence electrons. The number of hydrogen-bond donors (Lipinski definition) is 3. The summed E-state index contributed by atoms with van der Waals surface area (Å²) in [6, 6.07) is 5.03. The van der Waals surface area contributed by atoms with Crippen molar-refractivity contribution < 1.29 is 0 Å². The van der Waals surface area contributed by atoms with Gasteiger partial charge in [0.2, 0.25) is 0 Å². The smallest absolute Gasteiger partial charge is 0.251 e. The summed E-state index contributed by atoms with van der Waals surface area (Å²) >= 11 is 1.34. The summed E-state index contributed by atoms with van der Waals surface area (Å²) in [4.78, 5) is 23.0. The zero-order valence-electron chi connectivity index (χ0n) is 9.10. The van der Waals surface area contributed by atoms with Crippen molar-refractivity contribution in [3.8, 4) is 0 Å². The Hall–Kier alpha value is -1.86. The van der Waals surface area contributed by atoms with Crippen LogP contribution < -0.4 is 16.8 Å². The number of pyridine rings is 1. The van der Waals surface area contributed by atoms with E-state index in [4.69, 9.17) is 5.84 Å². The number of aryl methyl sites for hydroxylation is 1. The van der Waals surface area contributed by atoms with Crippen molar-refractivity contribution in [2.24, 2.45) is 5.84 Å². The van der Waals surface area contributed by atoms with Crippen LogP contribution in [0.15, 0.2) is 39.2 Å². The molecule has 2 aromatic rings. The summed E-state index contributed by atoms with van der Waals surface area (Å²) in [5, 5.41) is 0.546. The Morgan fingerprint density at radius 3 is 3.00 bits per heavy atom.